The minimum atomic E-state index is -0.483. The van der Waals surface area contributed by atoms with E-state index in [4.69, 9.17) is 4.74 Å². The van der Waals surface area contributed by atoms with Crippen molar-refractivity contribution in [2.24, 2.45) is 0 Å². The minimum absolute atomic E-state index is 0.0390. The van der Waals surface area contributed by atoms with Gasteiger partial charge in [-0.1, -0.05) is 0 Å². The molecule has 0 aliphatic heterocycles. The van der Waals surface area contributed by atoms with E-state index in [9.17, 15) is 14.9 Å². The quantitative estimate of drug-likeness (QED) is 0.471. The fourth-order valence-electron chi connectivity index (χ4n) is 1.54. The summed E-state index contributed by atoms with van der Waals surface area (Å²) >= 11 is 3.27. The molecule has 2 N–H and O–H groups in total. The smallest absolute Gasteiger partial charge is 0.319 e. The van der Waals surface area contributed by atoms with Crippen molar-refractivity contribution in [3.8, 4) is 0 Å². The SMILES string of the molecule is COCCCNC(=O)Nc1cc([N+](=O)[O-])c(C)cc1Br. The van der Waals surface area contributed by atoms with E-state index in [0.717, 1.165) is 0 Å². The van der Waals surface area contributed by atoms with Crippen molar-refractivity contribution in [2.45, 2.75) is 13.3 Å². The molecule has 110 valence electrons. The Balaban J connectivity index is 2.69. The van der Waals surface area contributed by atoms with Crippen molar-refractivity contribution in [3.05, 3.63) is 32.3 Å². The Morgan fingerprint density at radius 2 is 2.20 bits per heavy atom. The van der Waals surface area contributed by atoms with Crippen LogP contribution in [0, 0.1) is 17.0 Å². The van der Waals surface area contributed by atoms with Gasteiger partial charge in [-0.2, -0.15) is 0 Å². The lowest BCUT2D eigenvalue weighted by Gasteiger charge is -2.10. The monoisotopic (exact) mass is 345 g/mol. The molecule has 0 fully saturated rings. The van der Waals surface area contributed by atoms with E-state index in [0.29, 0.717) is 35.3 Å². The van der Waals surface area contributed by atoms with Crippen LogP contribution in [0.25, 0.3) is 0 Å². The number of methoxy groups -OCH3 is 1. The molecule has 1 aromatic rings. The number of amides is 2. The third kappa shape index (κ3) is 4.78. The molecule has 0 atom stereocenters. The summed E-state index contributed by atoms with van der Waals surface area (Å²) < 4.78 is 5.45. The predicted molar refractivity (Wildman–Crippen MR) is 79.0 cm³/mol. The second-order valence-corrected chi connectivity index (χ2v) is 4.96. The summed E-state index contributed by atoms with van der Waals surface area (Å²) in [6, 6.07) is 2.51. The third-order valence-electron chi connectivity index (χ3n) is 2.54. The van der Waals surface area contributed by atoms with Crippen molar-refractivity contribution in [2.75, 3.05) is 25.6 Å². The normalized spacial score (nSPS) is 10.2. The number of nitro benzene ring substituents is 1. The number of hydrogen-bond acceptors (Lipinski definition) is 4. The van der Waals surface area contributed by atoms with Crippen LogP contribution < -0.4 is 10.6 Å². The highest BCUT2D eigenvalue weighted by molar-refractivity contribution is 9.10. The fraction of sp³-hybridized carbons (Fsp3) is 0.417. The lowest BCUT2D eigenvalue weighted by Crippen LogP contribution is -2.30. The average Bonchev–Trinajstić information content (AvgIpc) is 2.37. The first-order valence-corrected chi connectivity index (χ1v) is 6.73. The lowest BCUT2D eigenvalue weighted by atomic mass is 10.2. The number of carbonyl (C=O) groups excluding carboxylic acids is 1. The topological polar surface area (TPSA) is 93.5 Å². The van der Waals surface area contributed by atoms with Gasteiger partial charge in [-0.05, 0) is 35.3 Å². The highest BCUT2D eigenvalue weighted by Crippen LogP contribution is 2.30. The van der Waals surface area contributed by atoms with E-state index in [1.165, 1.54) is 6.07 Å². The van der Waals surface area contributed by atoms with Crippen LogP contribution in [0.3, 0.4) is 0 Å². The molecular weight excluding hydrogens is 330 g/mol. The van der Waals surface area contributed by atoms with E-state index in [1.807, 2.05) is 0 Å². The highest BCUT2D eigenvalue weighted by Gasteiger charge is 2.15. The predicted octanol–water partition coefficient (Wildman–Crippen LogP) is 2.82. The van der Waals surface area contributed by atoms with Gasteiger partial charge in [0.05, 0.1) is 10.6 Å². The Morgan fingerprint density at radius 1 is 1.50 bits per heavy atom. The summed E-state index contributed by atoms with van der Waals surface area (Å²) in [4.78, 5) is 22.0. The third-order valence-corrected chi connectivity index (χ3v) is 3.20. The molecule has 8 heteroatoms. The number of aryl methyl sites for hydroxylation is 1. The number of nitrogens with one attached hydrogen (secondary N) is 2. The Hall–Kier alpha value is -1.67. The zero-order valence-corrected chi connectivity index (χ0v) is 12.8. The van der Waals surface area contributed by atoms with Crippen LogP contribution in [-0.4, -0.2) is 31.2 Å². The van der Waals surface area contributed by atoms with Crippen molar-refractivity contribution in [1.82, 2.24) is 5.32 Å². The molecule has 0 aliphatic rings. The number of nitro groups is 1. The first-order valence-electron chi connectivity index (χ1n) is 5.94. The average molecular weight is 346 g/mol. The van der Waals surface area contributed by atoms with Gasteiger partial charge in [0, 0.05) is 36.4 Å². The largest absolute Gasteiger partial charge is 0.385 e. The summed E-state index contributed by atoms with van der Waals surface area (Å²) in [5.41, 5.74) is 0.836. The standard InChI is InChI=1S/C12H16BrN3O4/c1-8-6-9(13)10(7-11(8)16(18)19)15-12(17)14-4-3-5-20-2/h6-7H,3-5H2,1-2H3,(H2,14,15,17). The molecule has 0 saturated heterocycles. The summed E-state index contributed by atoms with van der Waals surface area (Å²) in [6.45, 7) is 2.66. The summed E-state index contributed by atoms with van der Waals surface area (Å²) in [5.74, 6) is 0. The molecule has 0 saturated carbocycles. The summed E-state index contributed by atoms with van der Waals surface area (Å²) in [7, 11) is 1.59. The van der Waals surface area contributed by atoms with Gasteiger partial charge in [-0.25, -0.2) is 4.79 Å². The number of benzene rings is 1. The van der Waals surface area contributed by atoms with E-state index >= 15 is 0 Å². The molecule has 20 heavy (non-hydrogen) atoms. The van der Waals surface area contributed by atoms with Gasteiger partial charge in [-0.15, -0.1) is 0 Å². The van der Waals surface area contributed by atoms with Gasteiger partial charge in [-0.3, -0.25) is 10.1 Å². The van der Waals surface area contributed by atoms with Gasteiger partial charge >= 0.3 is 6.03 Å². The first-order chi connectivity index (χ1) is 9.45. The number of ether oxygens (including phenoxy) is 1. The lowest BCUT2D eigenvalue weighted by molar-refractivity contribution is -0.385. The van der Waals surface area contributed by atoms with Crippen molar-refractivity contribution < 1.29 is 14.5 Å². The maximum absolute atomic E-state index is 11.6. The van der Waals surface area contributed by atoms with Crippen LogP contribution in [0.1, 0.15) is 12.0 Å². The van der Waals surface area contributed by atoms with Crippen LogP contribution >= 0.6 is 15.9 Å². The number of rotatable bonds is 6. The highest BCUT2D eigenvalue weighted by atomic mass is 79.9. The molecule has 0 aromatic heterocycles. The molecule has 1 aromatic carbocycles. The number of urea groups is 1. The van der Waals surface area contributed by atoms with E-state index in [1.54, 1.807) is 20.1 Å². The van der Waals surface area contributed by atoms with Gasteiger partial charge in [0.2, 0.25) is 0 Å². The Kier molecular flexibility index (Phi) is 6.40. The molecule has 0 radical (unpaired) electrons. The maximum Gasteiger partial charge on any atom is 0.319 e. The second-order valence-electron chi connectivity index (χ2n) is 4.10. The Morgan fingerprint density at radius 3 is 2.80 bits per heavy atom. The van der Waals surface area contributed by atoms with Gasteiger partial charge in [0.1, 0.15) is 0 Å². The van der Waals surface area contributed by atoms with Crippen LogP contribution in [-0.2, 0) is 4.74 Å². The zero-order chi connectivity index (χ0) is 15.1. The number of hydrogen-bond donors (Lipinski definition) is 2. The van der Waals surface area contributed by atoms with Crippen LogP contribution in [0.4, 0.5) is 16.2 Å². The van der Waals surface area contributed by atoms with Crippen molar-refractivity contribution >= 4 is 33.3 Å². The van der Waals surface area contributed by atoms with Gasteiger partial charge in [0.25, 0.3) is 5.69 Å². The van der Waals surface area contributed by atoms with Crippen LogP contribution in [0.2, 0.25) is 0 Å². The molecule has 2 amide bonds. The molecule has 0 unspecified atom stereocenters. The van der Waals surface area contributed by atoms with Crippen molar-refractivity contribution in [3.63, 3.8) is 0 Å². The molecule has 0 bridgehead atoms. The minimum Gasteiger partial charge on any atom is -0.385 e. The Labute approximate surface area is 125 Å². The maximum atomic E-state index is 11.6. The van der Waals surface area contributed by atoms with E-state index in [2.05, 4.69) is 26.6 Å². The number of carbonyl (C=O) groups is 1. The number of nitrogens with zero attached hydrogens (tertiary/aromatic N) is 1. The molecule has 1 rings (SSSR count). The molecular formula is C12H16BrN3O4. The Bertz CT molecular complexity index is 508. The van der Waals surface area contributed by atoms with Gasteiger partial charge in [0.15, 0.2) is 0 Å². The number of halogens is 1. The fourth-order valence-corrected chi connectivity index (χ4v) is 2.10. The van der Waals surface area contributed by atoms with Crippen molar-refractivity contribution in [1.29, 1.82) is 0 Å². The van der Waals surface area contributed by atoms with E-state index in [-0.39, 0.29) is 5.69 Å². The van der Waals surface area contributed by atoms with Gasteiger partial charge < -0.3 is 15.4 Å². The molecule has 0 spiro atoms. The first kappa shape index (κ1) is 16.4. The number of anilines is 1. The zero-order valence-electron chi connectivity index (χ0n) is 11.2. The molecule has 7 nitrogen and oxygen atoms in total. The van der Waals surface area contributed by atoms with Crippen LogP contribution in [0.15, 0.2) is 16.6 Å². The van der Waals surface area contributed by atoms with Crippen LogP contribution in [0.5, 0.6) is 0 Å². The van der Waals surface area contributed by atoms with E-state index < -0.39 is 11.0 Å². The molecule has 0 heterocycles. The molecule has 0 aliphatic carbocycles. The summed E-state index contributed by atoms with van der Waals surface area (Å²) in [6.07, 6.45) is 0.694. The second kappa shape index (κ2) is 7.81. The summed E-state index contributed by atoms with van der Waals surface area (Å²) in [5, 5.41) is 16.1.